The Labute approximate surface area is 125 Å². The minimum Gasteiger partial charge on any atom is -0.548 e. The van der Waals surface area contributed by atoms with Crippen molar-refractivity contribution in [1.82, 2.24) is 5.32 Å². The smallest absolute Gasteiger partial charge is 0.548 e. The van der Waals surface area contributed by atoms with Gasteiger partial charge in [-0.3, -0.25) is 4.79 Å². The average Bonchev–Trinajstić information content (AvgIpc) is 1.96. The first kappa shape index (κ1) is 16.4. The number of carbonyl (C=O) groups is 2. The quantitative estimate of drug-likeness (QED) is 0.488. The van der Waals surface area contributed by atoms with Crippen molar-refractivity contribution in [3.63, 3.8) is 0 Å². The van der Waals surface area contributed by atoms with Crippen LogP contribution in [0.5, 0.6) is 0 Å². The summed E-state index contributed by atoms with van der Waals surface area (Å²) < 4.78 is 0. The van der Waals surface area contributed by atoms with Gasteiger partial charge in [-0.25, -0.2) is 0 Å². The minimum atomic E-state index is -1.22. The standard InChI is InChI=1S/C7H13NO3S.K/c1-5(9)8-6(7(10)11)3-4-12-2;/h6H,3-4H2,1-2H3,(H,8,9)(H,10,11);/q;+1/p-1. The number of aliphatic carboxylic acids is 1. The number of carboxylic acids is 1. The van der Waals surface area contributed by atoms with Crippen molar-refractivity contribution in [3.05, 3.63) is 0 Å². The van der Waals surface area contributed by atoms with Crippen LogP contribution in [-0.2, 0) is 9.59 Å². The van der Waals surface area contributed by atoms with E-state index in [1.807, 2.05) is 6.26 Å². The number of hydrogen-bond donors (Lipinski definition) is 1. The molecule has 0 aliphatic carbocycles. The normalized spacial score (nSPS) is 11.2. The number of rotatable bonds is 5. The third-order valence-electron chi connectivity index (χ3n) is 1.27. The fraction of sp³-hybridized carbons (Fsp3) is 0.714. The van der Waals surface area contributed by atoms with Crippen molar-refractivity contribution >= 4 is 23.6 Å². The summed E-state index contributed by atoms with van der Waals surface area (Å²) in [6.07, 6.45) is 2.28. The van der Waals surface area contributed by atoms with Crippen molar-refractivity contribution in [1.29, 1.82) is 0 Å². The molecule has 0 heterocycles. The fourth-order valence-corrected chi connectivity index (χ4v) is 1.20. The van der Waals surface area contributed by atoms with E-state index >= 15 is 0 Å². The predicted octanol–water partition coefficient (Wildman–Crippen LogP) is -4.00. The Kier molecular flexibility index (Phi) is 11.9. The Morgan fingerprint density at radius 2 is 2.08 bits per heavy atom. The first-order chi connectivity index (χ1) is 5.57. The molecule has 70 valence electrons. The molecule has 1 atom stereocenters. The molecule has 0 rings (SSSR count). The molecule has 6 heteroatoms. The summed E-state index contributed by atoms with van der Waals surface area (Å²) in [5.74, 6) is -0.872. The van der Waals surface area contributed by atoms with E-state index in [0.29, 0.717) is 12.2 Å². The van der Waals surface area contributed by atoms with Crippen LogP contribution < -0.4 is 61.8 Å². The van der Waals surface area contributed by atoms with Gasteiger partial charge in [0.2, 0.25) is 5.91 Å². The Hall–Kier alpha value is 0.926. The summed E-state index contributed by atoms with van der Waals surface area (Å²) in [4.78, 5) is 20.9. The minimum absolute atomic E-state index is 0. The zero-order chi connectivity index (χ0) is 9.56. The van der Waals surface area contributed by atoms with Gasteiger partial charge in [-0.15, -0.1) is 0 Å². The maximum Gasteiger partial charge on any atom is 1.00 e. The van der Waals surface area contributed by atoms with Crippen LogP contribution in [0, 0.1) is 0 Å². The molecule has 0 saturated carbocycles. The van der Waals surface area contributed by atoms with Gasteiger partial charge in [0.1, 0.15) is 0 Å². The van der Waals surface area contributed by atoms with Crippen LogP contribution in [0.3, 0.4) is 0 Å². The number of hydrogen-bond acceptors (Lipinski definition) is 4. The molecule has 1 unspecified atom stereocenters. The number of thioether (sulfide) groups is 1. The number of nitrogens with one attached hydrogen (secondary N) is 1. The number of carboxylic acid groups (broad SMARTS) is 1. The summed E-state index contributed by atoms with van der Waals surface area (Å²) >= 11 is 1.53. The van der Waals surface area contributed by atoms with Gasteiger partial charge in [0, 0.05) is 6.92 Å². The molecule has 1 amide bonds. The van der Waals surface area contributed by atoms with E-state index < -0.39 is 12.0 Å². The van der Waals surface area contributed by atoms with E-state index in [9.17, 15) is 14.7 Å². The molecule has 0 aromatic heterocycles. The van der Waals surface area contributed by atoms with Gasteiger partial charge in [-0.05, 0) is 18.4 Å². The van der Waals surface area contributed by atoms with E-state index in [1.54, 1.807) is 0 Å². The molecule has 0 aromatic rings. The van der Waals surface area contributed by atoms with Gasteiger partial charge in [0.25, 0.3) is 0 Å². The molecule has 0 aliphatic heterocycles. The third kappa shape index (κ3) is 9.24. The van der Waals surface area contributed by atoms with Crippen molar-refractivity contribution < 1.29 is 66.1 Å². The SMILES string of the molecule is CSCCC(NC(C)=O)C(=O)[O-].[K+]. The third-order valence-corrected chi connectivity index (χ3v) is 1.92. The van der Waals surface area contributed by atoms with Gasteiger partial charge >= 0.3 is 51.4 Å². The van der Waals surface area contributed by atoms with Crippen LogP contribution >= 0.6 is 11.8 Å². The van der Waals surface area contributed by atoms with Gasteiger partial charge in [0.05, 0.1) is 12.0 Å². The van der Waals surface area contributed by atoms with Crippen molar-refractivity contribution in [2.45, 2.75) is 19.4 Å². The largest absolute Gasteiger partial charge is 1.00 e. The first-order valence-electron chi connectivity index (χ1n) is 3.54. The van der Waals surface area contributed by atoms with E-state index in [0.717, 1.165) is 0 Å². The average molecular weight is 229 g/mol. The zero-order valence-electron chi connectivity index (χ0n) is 8.12. The Morgan fingerprint density at radius 3 is 2.38 bits per heavy atom. The summed E-state index contributed by atoms with van der Waals surface area (Å²) in [5.41, 5.74) is 0. The first-order valence-corrected chi connectivity index (χ1v) is 4.94. The molecule has 0 fully saturated rings. The molecule has 0 spiro atoms. The van der Waals surface area contributed by atoms with Crippen LogP contribution in [0.25, 0.3) is 0 Å². The van der Waals surface area contributed by atoms with Crippen LogP contribution in [0.15, 0.2) is 0 Å². The summed E-state index contributed by atoms with van der Waals surface area (Å²) in [6, 6.07) is -0.852. The number of carbonyl (C=O) groups excluding carboxylic acids is 2. The van der Waals surface area contributed by atoms with Crippen LogP contribution in [0.2, 0.25) is 0 Å². The Morgan fingerprint density at radius 1 is 1.54 bits per heavy atom. The fourth-order valence-electron chi connectivity index (χ4n) is 0.730. The van der Waals surface area contributed by atoms with Gasteiger partial charge in [-0.1, -0.05) is 0 Å². The molecule has 0 bridgehead atoms. The second-order valence-corrected chi connectivity index (χ2v) is 3.34. The molecule has 1 N–H and O–H groups in total. The summed E-state index contributed by atoms with van der Waals surface area (Å²) in [6.45, 7) is 1.29. The topological polar surface area (TPSA) is 69.2 Å². The van der Waals surface area contributed by atoms with E-state index in [4.69, 9.17) is 0 Å². The van der Waals surface area contributed by atoms with Crippen molar-refractivity contribution in [2.24, 2.45) is 0 Å². The Bertz CT molecular complexity index is 177. The Balaban J connectivity index is 0. The van der Waals surface area contributed by atoms with Gasteiger partial charge in [0.15, 0.2) is 0 Å². The molecular weight excluding hydrogens is 217 g/mol. The van der Waals surface area contributed by atoms with E-state index in [2.05, 4.69) is 5.32 Å². The second kappa shape index (κ2) is 9.48. The maximum absolute atomic E-state index is 10.5. The van der Waals surface area contributed by atoms with E-state index in [1.165, 1.54) is 18.7 Å². The molecular formula is C7H12KNO3S. The summed E-state index contributed by atoms with van der Waals surface area (Å²) in [7, 11) is 0. The molecule has 0 aromatic carbocycles. The molecule has 4 nitrogen and oxygen atoms in total. The van der Waals surface area contributed by atoms with Crippen molar-refractivity contribution in [2.75, 3.05) is 12.0 Å². The molecule has 0 aliphatic rings. The number of amides is 1. The summed E-state index contributed by atoms with van der Waals surface area (Å²) in [5, 5.41) is 12.7. The van der Waals surface area contributed by atoms with Gasteiger partial charge < -0.3 is 15.2 Å². The molecule has 0 radical (unpaired) electrons. The van der Waals surface area contributed by atoms with Crippen LogP contribution in [0.1, 0.15) is 13.3 Å². The van der Waals surface area contributed by atoms with Crippen LogP contribution in [0.4, 0.5) is 0 Å². The molecule has 13 heavy (non-hydrogen) atoms. The maximum atomic E-state index is 10.5. The van der Waals surface area contributed by atoms with Crippen molar-refractivity contribution in [3.8, 4) is 0 Å². The second-order valence-electron chi connectivity index (χ2n) is 2.35. The van der Waals surface area contributed by atoms with E-state index in [-0.39, 0.29) is 57.3 Å². The monoisotopic (exact) mass is 229 g/mol. The zero-order valence-corrected chi connectivity index (χ0v) is 12.1. The predicted molar refractivity (Wildman–Crippen MR) is 45.6 cm³/mol. The van der Waals surface area contributed by atoms with Gasteiger partial charge in [-0.2, -0.15) is 11.8 Å². The van der Waals surface area contributed by atoms with Crippen LogP contribution in [-0.4, -0.2) is 29.9 Å². The molecule has 0 saturated heterocycles.